The zero-order chi connectivity index (χ0) is 18.7. The van der Waals surface area contributed by atoms with E-state index in [-0.39, 0.29) is 11.7 Å². The van der Waals surface area contributed by atoms with Gasteiger partial charge in [-0.2, -0.15) is 4.98 Å². The summed E-state index contributed by atoms with van der Waals surface area (Å²) in [5.41, 5.74) is 1.61. The first-order valence-electron chi connectivity index (χ1n) is 8.67. The molecule has 0 unspecified atom stereocenters. The monoisotopic (exact) mass is 353 g/mol. The molecule has 1 aliphatic rings. The number of aromatic nitrogens is 2. The van der Waals surface area contributed by atoms with Crippen molar-refractivity contribution in [2.75, 3.05) is 42.3 Å². The van der Waals surface area contributed by atoms with Crippen LogP contribution in [0, 0.1) is 0 Å². The second-order valence-corrected chi connectivity index (χ2v) is 6.58. The summed E-state index contributed by atoms with van der Waals surface area (Å²) in [4.78, 5) is 36.9. The predicted octanol–water partition coefficient (Wildman–Crippen LogP) is 2.60. The summed E-state index contributed by atoms with van der Waals surface area (Å²) >= 11 is 0. The minimum Gasteiger partial charge on any atom is -0.361 e. The molecule has 136 valence electrons. The van der Waals surface area contributed by atoms with E-state index in [1.807, 2.05) is 19.0 Å². The molecule has 7 nitrogen and oxygen atoms in total. The fraction of sp³-hybridized carbons (Fsp3) is 0.368. The maximum absolute atomic E-state index is 12.5. The van der Waals surface area contributed by atoms with Gasteiger partial charge < -0.3 is 15.1 Å². The first-order valence-corrected chi connectivity index (χ1v) is 8.67. The molecule has 1 aromatic heterocycles. The molecule has 1 aromatic carbocycles. The van der Waals surface area contributed by atoms with E-state index in [0.29, 0.717) is 28.6 Å². The van der Waals surface area contributed by atoms with E-state index in [1.54, 1.807) is 30.5 Å². The number of benzene rings is 1. The van der Waals surface area contributed by atoms with E-state index < -0.39 is 0 Å². The number of amides is 1. The lowest BCUT2D eigenvalue weighted by molar-refractivity contribution is 0.101. The average Bonchev–Trinajstić information content (AvgIpc) is 3.16. The van der Waals surface area contributed by atoms with Gasteiger partial charge in [-0.15, -0.1) is 0 Å². The number of nitrogens with one attached hydrogen (secondary N) is 1. The minimum absolute atomic E-state index is 0.0299. The third-order valence-corrected chi connectivity index (χ3v) is 4.37. The van der Waals surface area contributed by atoms with Crippen molar-refractivity contribution in [1.29, 1.82) is 0 Å². The van der Waals surface area contributed by atoms with Gasteiger partial charge in [0.25, 0.3) is 5.91 Å². The second-order valence-electron chi connectivity index (χ2n) is 6.58. The Hall–Kier alpha value is -2.96. The molecule has 0 radical (unpaired) electrons. The molecule has 1 aliphatic heterocycles. The van der Waals surface area contributed by atoms with Crippen LogP contribution in [0.15, 0.2) is 30.5 Å². The van der Waals surface area contributed by atoms with Crippen molar-refractivity contribution >= 4 is 29.1 Å². The Morgan fingerprint density at radius 3 is 2.27 bits per heavy atom. The first-order chi connectivity index (χ1) is 12.5. The topological polar surface area (TPSA) is 78.4 Å². The van der Waals surface area contributed by atoms with Crippen molar-refractivity contribution < 1.29 is 9.59 Å². The van der Waals surface area contributed by atoms with Crippen molar-refractivity contribution in [3.63, 3.8) is 0 Å². The van der Waals surface area contributed by atoms with Crippen LogP contribution in [-0.2, 0) is 0 Å². The number of hydrogen-bond donors (Lipinski definition) is 1. The Morgan fingerprint density at radius 2 is 1.69 bits per heavy atom. The van der Waals surface area contributed by atoms with Gasteiger partial charge in [0.2, 0.25) is 5.95 Å². The van der Waals surface area contributed by atoms with Gasteiger partial charge in [0.05, 0.1) is 6.20 Å². The number of rotatable bonds is 5. The Bertz CT molecular complexity index is 811. The number of hydrogen-bond acceptors (Lipinski definition) is 6. The van der Waals surface area contributed by atoms with E-state index in [1.165, 1.54) is 6.92 Å². The molecular formula is C19H23N5O2. The molecule has 26 heavy (non-hydrogen) atoms. The van der Waals surface area contributed by atoms with E-state index in [9.17, 15) is 9.59 Å². The summed E-state index contributed by atoms with van der Waals surface area (Å²) in [7, 11) is 3.76. The highest BCUT2D eigenvalue weighted by Crippen LogP contribution is 2.25. The number of ketones is 1. The maximum atomic E-state index is 12.5. The van der Waals surface area contributed by atoms with Crippen LogP contribution in [0.3, 0.4) is 0 Å². The van der Waals surface area contributed by atoms with E-state index in [4.69, 9.17) is 0 Å². The summed E-state index contributed by atoms with van der Waals surface area (Å²) in [6.07, 6.45) is 3.95. The van der Waals surface area contributed by atoms with E-state index >= 15 is 0 Å². The van der Waals surface area contributed by atoms with Crippen LogP contribution in [0.4, 0.5) is 17.5 Å². The molecule has 0 aliphatic carbocycles. The fourth-order valence-electron chi connectivity index (χ4n) is 2.91. The number of Topliss-reactive ketones (excluding diaryl/α,β-unsaturated/α-hetero) is 1. The van der Waals surface area contributed by atoms with Crippen LogP contribution in [0.25, 0.3) is 0 Å². The van der Waals surface area contributed by atoms with Crippen molar-refractivity contribution in [1.82, 2.24) is 9.97 Å². The minimum atomic E-state index is -0.263. The number of nitrogens with zero attached hydrogens (tertiary/aromatic N) is 4. The van der Waals surface area contributed by atoms with Crippen LogP contribution in [-0.4, -0.2) is 48.8 Å². The molecule has 1 N–H and O–H groups in total. The van der Waals surface area contributed by atoms with Crippen molar-refractivity contribution in [3.05, 3.63) is 41.6 Å². The number of anilines is 3. The lowest BCUT2D eigenvalue weighted by atomic mass is 10.1. The first kappa shape index (κ1) is 17.8. The van der Waals surface area contributed by atoms with E-state index in [0.717, 1.165) is 25.9 Å². The van der Waals surface area contributed by atoms with Crippen molar-refractivity contribution in [2.45, 2.75) is 19.8 Å². The Balaban J connectivity index is 1.81. The molecule has 1 fully saturated rings. The lowest BCUT2D eigenvalue weighted by Crippen LogP contribution is -2.23. The van der Waals surface area contributed by atoms with Crippen LogP contribution in [0.5, 0.6) is 0 Å². The van der Waals surface area contributed by atoms with Gasteiger partial charge >= 0.3 is 0 Å². The van der Waals surface area contributed by atoms with Gasteiger partial charge in [-0.25, -0.2) is 4.98 Å². The molecule has 1 amide bonds. The quantitative estimate of drug-likeness (QED) is 0.833. The van der Waals surface area contributed by atoms with Gasteiger partial charge in [0, 0.05) is 38.3 Å². The zero-order valence-electron chi connectivity index (χ0n) is 15.3. The van der Waals surface area contributed by atoms with Crippen LogP contribution < -0.4 is 15.1 Å². The summed E-state index contributed by atoms with van der Waals surface area (Å²) in [5, 5.41) is 2.87. The highest BCUT2D eigenvalue weighted by molar-refractivity contribution is 6.06. The SMILES string of the molecule is CC(=O)c1ccc(C(=O)Nc2cnc(N3CCCC3)nc2N(C)C)cc1. The van der Waals surface area contributed by atoms with E-state index in [2.05, 4.69) is 20.2 Å². The van der Waals surface area contributed by atoms with Crippen LogP contribution in [0.2, 0.25) is 0 Å². The van der Waals surface area contributed by atoms with Crippen molar-refractivity contribution in [3.8, 4) is 0 Å². The third-order valence-electron chi connectivity index (χ3n) is 4.37. The smallest absolute Gasteiger partial charge is 0.255 e. The van der Waals surface area contributed by atoms with Crippen molar-refractivity contribution in [2.24, 2.45) is 0 Å². The molecule has 2 heterocycles. The van der Waals surface area contributed by atoms with Gasteiger partial charge in [-0.1, -0.05) is 12.1 Å². The number of carbonyl (C=O) groups excluding carboxylic acids is 2. The molecule has 0 spiro atoms. The molecule has 2 aromatic rings. The molecule has 7 heteroatoms. The summed E-state index contributed by atoms with van der Waals surface area (Å²) in [5.74, 6) is 1.06. The summed E-state index contributed by atoms with van der Waals surface area (Å²) < 4.78 is 0. The fourth-order valence-corrected chi connectivity index (χ4v) is 2.91. The maximum Gasteiger partial charge on any atom is 0.255 e. The molecule has 1 saturated heterocycles. The van der Waals surface area contributed by atoms with Crippen LogP contribution in [0.1, 0.15) is 40.5 Å². The van der Waals surface area contributed by atoms with Gasteiger partial charge in [0.15, 0.2) is 11.6 Å². The van der Waals surface area contributed by atoms with Gasteiger partial charge in [-0.3, -0.25) is 9.59 Å². The third kappa shape index (κ3) is 3.82. The molecule has 3 rings (SSSR count). The molecule has 0 bridgehead atoms. The average molecular weight is 353 g/mol. The van der Waals surface area contributed by atoms with Gasteiger partial charge in [0.1, 0.15) is 5.69 Å². The Labute approximate surface area is 153 Å². The summed E-state index contributed by atoms with van der Waals surface area (Å²) in [6.45, 7) is 3.42. The molecule has 0 atom stereocenters. The zero-order valence-corrected chi connectivity index (χ0v) is 15.3. The largest absolute Gasteiger partial charge is 0.361 e. The highest BCUT2D eigenvalue weighted by Gasteiger charge is 2.19. The second kappa shape index (κ2) is 7.51. The Kier molecular flexibility index (Phi) is 5.16. The van der Waals surface area contributed by atoms with Crippen LogP contribution >= 0.6 is 0 Å². The summed E-state index contributed by atoms with van der Waals surface area (Å²) in [6, 6.07) is 6.58. The number of carbonyl (C=O) groups is 2. The van der Waals surface area contributed by atoms with Gasteiger partial charge in [-0.05, 0) is 31.9 Å². The molecule has 0 saturated carbocycles. The Morgan fingerprint density at radius 1 is 1.08 bits per heavy atom. The lowest BCUT2D eigenvalue weighted by Gasteiger charge is -2.21. The highest BCUT2D eigenvalue weighted by atomic mass is 16.1. The molecular weight excluding hydrogens is 330 g/mol. The standard InChI is InChI=1S/C19H23N5O2/c1-13(25)14-6-8-15(9-7-14)18(26)21-16-12-20-19(22-17(16)23(2)3)24-10-4-5-11-24/h6-9,12H,4-5,10-11H2,1-3H3,(H,21,26). The normalized spacial score (nSPS) is 13.6. The predicted molar refractivity (Wildman–Crippen MR) is 102 cm³/mol.